The van der Waals surface area contributed by atoms with Gasteiger partial charge in [0.2, 0.25) is 5.91 Å². The number of rotatable bonds is 8. The number of amides is 1. The molecule has 0 aromatic carbocycles. The zero-order valence-corrected chi connectivity index (χ0v) is 15.8. The Morgan fingerprint density at radius 3 is 2.67 bits per heavy atom. The first-order valence-electron chi connectivity index (χ1n) is 8.33. The summed E-state index contributed by atoms with van der Waals surface area (Å²) < 4.78 is 51.2. The molecule has 0 saturated heterocycles. The van der Waals surface area contributed by atoms with E-state index in [0.29, 0.717) is 29.4 Å². The largest absolute Gasteiger partial charge is 0.389 e. The Hall–Kier alpha value is -2.10. The molecule has 0 aliphatic heterocycles. The number of hydrogen-bond donors (Lipinski definition) is 0. The summed E-state index contributed by atoms with van der Waals surface area (Å²) in [5.74, 6) is -0.447. The maximum atomic E-state index is 13.3. The van der Waals surface area contributed by atoms with Gasteiger partial charge < -0.3 is 4.90 Å². The van der Waals surface area contributed by atoms with Gasteiger partial charge >= 0.3 is 6.18 Å². The van der Waals surface area contributed by atoms with Crippen molar-refractivity contribution in [3.8, 4) is 5.69 Å². The summed E-state index contributed by atoms with van der Waals surface area (Å²) >= 11 is 1.10. The number of hydrogen-bond acceptors (Lipinski definition) is 4. The molecule has 2 aromatic rings. The summed E-state index contributed by atoms with van der Waals surface area (Å²) in [6.45, 7) is 3.92. The van der Waals surface area contributed by atoms with Crippen LogP contribution in [0.4, 0.5) is 23.2 Å². The monoisotopic (exact) mass is 404 g/mol. The highest BCUT2D eigenvalue weighted by atomic mass is 32.2. The Labute approximate surface area is 158 Å². The SMILES string of the molecule is CCN(C(=O)CCSCCC(F)(F)F)c1cn(-c2cncc(F)c2)nc1C. The van der Waals surface area contributed by atoms with Gasteiger partial charge in [0.25, 0.3) is 0 Å². The lowest BCUT2D eigenvalue weighted by atomic mass is 10.3. The van der Waals surface area contributed by atoms with Gasteiger partial charge in [-0.2, -0.15) is 30.0 Å². The van der Waals surface area contributed by atoms with E-state index in [9.17, 15) is 22.4 Å². The number of thioether (sulfide) groups is 1. The molecule has 2 rings (SSSR count). The Morgan fingerprint density at radius 1 is 1.30 bits per heavy atom. The first kappa shape index (κ1) is 21.2. The predicted octanol–water partition coefficient (Wildman–Crippen LogP) is 4.14. The van der Waals surface area contributed by atoms with E-state index in [0.717, 1.165) is 18.0 Å². The maximum Gasteiger partial charge on any atom is 0.389 e. The Balaban J connectivity index is 2.01. The topological polar surface area (TPSA) is 51.0 Å². The fourth-order valence-corrected chi connectivity index (χ4v) is 3.34. The third-order valence-corrected chi connectivity index (χ3v) is 4.71. The molecule has 0 atom stereocenters. The molecule has 0 aliphatic carbocycles. The second-order valence-electron chi connectivity index (χ2n) is 5.77. The number of alkyl halides is 3. The second kappa shape index (κ2) is 9.20. The number of halogens is 4. The van der Waals surface area contributed by atoms with Gasteiger partial charge in [0.15, 0.2) is 0 Å². The molecule has 2 heterocycles. The van der Waals surface area contributed by atoms with Crippen molar-refractivity contribution in [2.75, 3.05) is 23.0 Å². The molecule has 0 unspecified atom stereocenters. The highest BCUT2D eigenvalue weighted by Crippen LogP contribution is 2.24. The normalized spacial score (nSPS) is 11.6. The van der Waals surface area contributed by atoms with Crippen LogP contribution < -0.4 is 4.90 Å². The van der Waals surface area contributed by atoms with Crippen molar-refractivity contribution in [3.63, 3.8) is 0 Å². The summed E-state index contributed by atoms with van der Waals surface area (Å²) in [6, 6.07) is 1.28. The van der Waals surface area contributed by atoms with Crippen molar-refractivity contribution in [1.82, 2.24) is 14.8 Å². The number of anilines is 1. The van der Waals surface area contributed by atoms with Gasteiger partial charge in [-0.25, -0.2) is 9.07 Å². The predicted molar refractivity (Wildman–Crippen MR) is 96.7 cm³/mol. The van der Waals surface area contributed by atoms with Crippen LogP contribution in [0.3, 0.4) is 0 Å². The number of pyridine rings is 1. The summed E-state index contributed by atoms with van der Waals surface area (Å²) in [5, 5.41) is 4.30. The molecule has 0 aliphatic rings. The first-order chi connectivity index (χ1) is 12.7. The lowest BCUT2D eigenvalue weighted by molar-refractivity contribution is -0.129. The first-order valence-corrected chi connectivity index (χ1v) is 9.48. The molecule has 0 fully saturated rings. The molecule has 0 radical (unpaired) electrons. The summed E-state index contributed by atoms with van der Waals surface area (Å²) in [4.78, 5) is 17.8. The quantitative estimate of drug-likeness (QED) is 0.490. The highest BCUT2D eigenvalue weighted by Gasteiger charge is 2.26. The molecule has 0 spiro atoms. The lowest BCUT2D eigenvalue weighted by Gasteiger charge is -2.20. The Morgan fingerprint density at radius 2 is 2.04 bits per heavy atom. The molecule has 27 heavy (non-hydrogen) atoms. The van der Waals surface area contributed by atoms with Crippen molar-refractivity contribution < 1.29 is 22.4 Å². The van der Waals surface area contributed by atoms with E-state index in [4.69, 9.17) is 0 Å². The minimum absolute atomic E-state index is 0.0631. The van der Waals surface area contributed by atoms with E-state index < -0.39 is 18.4 Å². The van der Waals surface area contributed by atoms with Crippen LogP contribution in [0.1, 0.15) is 25.5 Å². The molecule has 10 heteroatoms. The smallest absolute Gasteiger partial charge is 0.310 e. The zero-order valence-electron chi connectivity index (χ0n) is 15.0. The van der Waals surface area contributed by atoms with E-state index in [1.807, 2.05) is 0 Å². The molecule has 1 amide bonds. The number of aromatic nitrogens is 3. The van der Waals surface area contributed by atoms with Gasteiger partial charge in [0.05, 0.1) is 42.1 Å². The van der Waals surface area contributed by atoms with Crippen LogP contribution in [0.15, 0.2) is 24.7 Å². The van der Waals surface area contributed by atoms with Crippen LogP contribution in [0.5, 0.6) is 0 Å². The van der Waals surface area contributed by atoms with Crippen molar-refractivity contribution in [2.24, 2.45) is 0 Å². The summed E-state index contributed by atoms with van der Waals surface area (Å²) in [7, 11) is 0. The van der Waals surface area contributed by atoms with Gasteiger partial charge in [0.1, 0.15) is 5.82 Å². The van der Waals surface area contributed by atoms with Crippen LogP contribution in [0.2, 0.25) is 0 Å². The molecular formula is C17H20F4N4OS. The minimum atomic E-state index is -4.18. The molecule has 5 nitrogen and oxygen atoms in total. The molecule has 0 saturated carbocycles. The van der Waals surface area contributed by atoms with Crippen molar-refractivity contribution in [1.29, 1.82) is 0 Å². The van der Waals surface area contributed by atoms with Crippen LogP contribution in [0.25, 0.3) is 5.69 Å². The van der Waals surface area contributed by atoms with Crippen LogP contribution in [-0.4, -0.2) is 44.9 Å². The number of nitrogens with zero attached hydrogens (tertiary/aromatic N) is 4. The van der Waals surface area contributed by atoms with E-state index >= 15 is 0 Å². The molecule has 148 valence electrons. The van der Waals surface area contributed by atoms with Gasteiger partial charge in [-0.1, -0.05) is 0 Å². The fraction of sp³-hybridized carbons (Fsp3) is 0.471. The Kier molecular flexibility index (Phi) is 7.23. The summed E-state index contributed by atoms with van der Waals surface area (Å²) in [5.41, 5.74) is 1.58. The van der Waals surface area contributed by atoms with Gasteiger partial charge in [0, 0.05) is 30.5 Å². The van der Waals surface area contributed by atoms with Gasteiger partial charge in [-0.15, -0.1) is 0 Å². The molecule has 0 bridgehead atoms. The summed E-state index contributed by atoms with van der Waals surface area (Å²) in [6.07, 6.45) is -0.763. The fourth-order valence-electron chi connectivity index (χ4n) is 2.44. The molecular weight excluding hydrogens is 384 g/mol. The van der Waals surface area contributed by atoms with E-state index in [2.05, 4.69) is 10.1 Å². The van der Waals surface area contributed by atoms with E-state index in [-0.39, 0.29) is 18.1 Å². The van der Waals surface area contributed by atoms with E-state index in [1.54, 1.807) is 20.0 Å². The van der Waals surface area contributed by atoms with Crippen LogP contribution in [0, 0.1) is 12.7 Å². The standard InChI is InChI=1S/C17H20F4N4OS/c1-3-24(16(26)4-6-27-7-5-17(19,20)21)15-11-25(23-12(15)2)14-8-13(18)9-22-10-14/h8-11H,3-7H2,1-2H3. The van der Waals surface area contributed by atoms with Crippen LogP contribution in [-0.2, 0) is 4.79 Å². The molecule has 0 N–H and O–H groups in total. The van der Waals surface area contributed by atoms with Crippen molar-refractivity contribution >= 4 is 23.4 Å². The van der Waals surface area contributed by atoms with E-state index in [1.165, 1.54) is 21.8 Å². The van der Waals surface area contributed by atoms with Crippen LogP contribution >= 0.6 is 11.8 Å². The lowest BCUT2D eigenvalue weighted by Crippen LogP contribution is -2.31. The number of carbonyl (C=O) groups excluding carboxylic acids is 1. The Bertz CT molecular complexity index is 779. The second-order valence-corrected chi connectivity index (χ2v) is 7.00. The van der Waals surface area contributed by atoms with Crippen molar-refractivity contribution in [3.05, 3.63) is 36.2 Å². The zero-order chi connectivity index (χ0) is 20.0. The maximum absolute atomic E-state index is 13.3. The van der Waals surface area contributed by atoms with Gasteiger partial charge in [-0.05, 0) is 13.8 Å². The van der Waals surface area contributed by atoms with Crippen molar-refractivity contribution in [2.45, 2.75) is 32.9 Å². The third-order valence-electron chi connectivity index (χ3n) is 3.73. The van der Waals surface area contributed by atoms with Gasteiger partial charge in [-0.3, -0.25) is 9.78 Å². The highest BCUT2D eigenvalue weighted by molar-refractivity contribution is 7.99. The number of carbonyl (C=O) groups is 1. The molecule has 2 aromatic heterocycles. The minimum Gasteiger partial charge on any atom is -0.310 e. The third kappa shape index (κ3) is 6.23. The number of aryl methyl sites for hydroxylation is 1. The average molecular weight is 404 g/mol. The average Bonchev–Trinajstić information content (AvgIpc) is 2.96.